The number of rotatable bonds is 5. The number of aromatic amines is 1. The third-order valence-electron chi connectivity index (χ3n) is 3.90. The van der Waals surface area contributed by atoms with Gasteiger partial charge in [-0.15, -0.1) is 0 Å². The van der Waals surface area contributed by atoms with Crippen molar-refractivity contribution in [2.75, 3.05) is 0 Å². The number of nitrogens with zero attached hydrogens (tertiary/aromatic N) is 2. The summed E-state index contributed by atoms with van der Waals surface area (Å²) in [7, 11) is 0. The van der Waals surface area contributed by atoms with Gasteiger partial charge in [-0.05, 0) is 36.1 Å². The highest BCUT2D eigenvalue weighted by Crippen LogP contribution is 2.29. The standard InChI is InChI=1S/C19H17N3/c20-12-15-6-8-17(9-7-15)19(16-4-2-1-3-5-16)11-10-18-13-21-14-22-18/h1-9,13-14,19H,10-11H2,(H,21,22). The Bertz CT molecular complexity index is 738. The van der Waals surface area contributed by atoms with Gasteiger partial charge in [-0.25, -0.2) is 4.98 Å². The van der Waals surface area contributed by atoms with Gasteiger partial charge in [-0.3, -0.25) is 0 Å². The highest BCUT2D eigenvalue weighted by molar-refractivity contribution is 5.37. The van der Waals surface area contributed by atoms with Gasteiger partial charge >= 0.3 is 0 Å². The van der Waals surface area contributed by atoms with E-state index in [9.17, 15) is 0 Å². The monoisotopic (exact) mass is 287 g/mol. The molecule has 0 aliphatic heterocycles. The lowest BCUT2D eigenvalue weighted by Gasteiger charge is -2.18. The lowest BCUT2D eigenvalue weighted by atomic mass is 9.87. The van der Waals surface area contributed by atoms with Gasteiger partial charge in [0.15, 0.2) is 0 Å². The molecule has 1 heterocycles. The number of benzene rings is 2. The van der Waals surface area contributed by atoms with Crippen molar-refractivity contribution in [3.63, 3.8) is 0 Å². The summed E-state index contributed by atoms with van der Waals surface area (Å²) in [6.07, 6.45) is 5.53. The molecule has 3 heteroatoms. The van der Waals surface area contributed by atoms with Crippen molar-refractivity contribution in [1.29, 1.82) is 5.26 Å². The van der Waals surface area contributed by atoms with Crippen LogP contribution in [0.3, 0.4) is 0 Å². The average Bonchev–Trinajstić information content (AvgIpc) is 3.10. The molecule has 22 heavy (non-hydrogen) atoms. The number of H-pyrrole nitrogens is 1. The van der Waals surface area contributed by atoms with E-state index < -0.39 is 0 Å². The van der Waals surface area contributed by atoms with Crippen LogP contribution in [0.4, 0.5) is 0 Å². The molecule has 2 aromatic carbocycles. The van der Waals surface area contributed by atoms with Gasteiger partial charge in [0.25, 0.3) is 0 Å². The first-order valence-corrected chi connectivity index (χ1v) is 7.39. The fourth-order valence-corrected chi connectivity index (χ4v) is 2.72. The van der Waals surface area contributed by atoms with E-state index in [1.807, 2.05) is 24.4 Å². The van der Waals surface area contributed by atoms with Crippen molar-refractivity contribution in [1.82, 2.24) is 9.97 Å². The first-order chi connectivity index (χ1) is 10.9. The predicted octanol–water partition coefficient (Wildman–Crippen LogP) is 4.05. The summed E-state index contributed by atoms with van der Waals surface area (Å²) in [4.78, 5) is 7.24. The predicted molar refractivity (Wildman–Crippen MR) is 86.4 cm³/mol. The molecular formula is C19H17N3. The number of nitriles is 1. The Morgan fingerprint density at radius 2 is 1.73 bits per heavy atom. The van der Waals surface area contributed by atoms with Crippen LogP contribution >= 0.6 is 0 Å². The minimum absolute atomic E-state index is 0.317. The zero-order valence-electron chi connectivity index (χ0n) is 12.2. The maximum atomic E-state index is 8.95. The number of nitrogens with one attached hydrogen (secondary N) is 1. The molecule has 1 unspecified atom stereocenters. The van der Waals surface area contributed by atoms with Crippen LogP contribution in [0.1, 0.15) is 34.7 Å². The molecular weight excluding hydrogens is 270 g/mol. The molecule has 0 bridgehead atoms. The van der Waals surface area contributed by atoms with Crippen LogP contribution in [0.5, 0.6) is 0 Å². The Morgan fingerprint density at radius 3 is 2.36 bits per heavy atom. The number of aryl methyl sites for hydroxylation is 1. The van der Waals surface area contributed by atoms with Crippen LogP contribution in [0, 0.1) is 11.3 Å². The molecule has 0 saturated heterocycles. The molecule has 108 valence electrons. The number of imidazole rings is 1. The van der Waals surface area contributed by atoms with Crippen LogP contribution in [0.25, 0.3) is 0 Å². The summed E-state index contributed by atoms with van der Waals surface area (Å²) in [5.41, 5.74) is 4.38. The summed E-state index contributed by atoms with van der Waals surface area (Å²) in [5.74, 6) is 0.317. The van der Waals surface area contributed by atoms with E-state index in [4.69, 9.17) is 5.26 Å². The van der Waals surface area contributed by atoms with E-state index in [0.717, 1.165) is 18.5 Å². The van der Waals surface area contributed by atoms with Gasteiger partial charge in [-0.2, -0.15) is 5.26 Å². The van der Waals surface area contributed by atoms with Crippen LogP contribution in [-0.2, 0) is 6.42 Å². The van der Waals surface area contributed by atoms with Crippen molar-refractivity contribution in [2.45, 2.75) is 18.8 Å². The van der Waals surface area contributed by atoms with Crippen LogP contribution in [0.15, 0.2) is 67.1 Å². The van der Waals surface area contributed by atoms with Crippen molar-refractivity contribution in [3.8, 4) is 6.07 Å². The zero-order valence-corrected chi connectivity index (χ0v) is 12.2. The lowest BCUT2D eigenvalue weighted by Crippen LogP contribution is -2.03. The summed E-state index contributed by atoms with van der Waals surface area (Å²) < 4.78 is 0. The minimum Gasteiger partial charge on any atom is -0.348 e. The molecule has 0 spiro atoms. The second-order valence-electron chi connectivity index (χ2n) is 5.31. The normalized spacial score (nSPS) is 11.8. The molecule has 3 aromatic rings. The first-order valence-electron chi connectivity index (χ1n) is 7.39. The van der Waals surface area contributed by atoms with Crippen molar-refractivity contribution < 1.29 is 0 Å². The van der Waals surface area contributed by atoms with Crippen molar-refractivity contribution in [2.24, 2.45) is 0 Å². The van der Waals surface area contributed by atoms with E-state index >= 15 is 0 Å². The molecule has 0 radical (unpaired) electrons. The van der Waals surface area contributed by atoms with E-state index in [1.54, 1.807) is 6.33 Å². The van der Waals surface area contributed by atoms with E-state index in [0.29, 0.717) is 11.5 Å². The molecule has 1 N–H and O–H groups in total. The zero-order chi connectivity index (χ0) is 15.2. The number of hydrogen-bond donors (Lipinski definition) is 1. The second-order valence-corrected chi connectivity index (χ2v) is 5.31. The van der Waals surface area contributed by atoms with Gasteiger partial charge < -0.3 is 4.98 Å². The third-order valence-corrected chi connectivity index (χ3v) is 3.90. The Labute approximate surface area is 130 Å². The fraction of sp³-hybridized carbons (Fsp3) is 0.158. The lowest BCUT2D eigenvalue weighted by molar-refractivity contribution is 0.706. The first kappa shape index (κ1) is 14.1. The summed E-state index contributed by atoms with van der Waals surface area (Å²) in [6.45, 7) is 0. The molecule has 3 nitrogen and oxygen atoms in total. The quantitative estimate of drug-likeness (QED) is 0.769. The molecule has 0 aliphatic rings. The molecule has 0 aliphatic carbocycles. The summed E-state index contributed by atoms with van der Waals surface area (Å²) in [5, 5.41) is 8.95. The Morgan fingerprint density at radius 1 is 1.00 bits per heavy atom. The molecule has 1 atom stereocenters. The molecule has 0 fully saturated rings. The number of aromatic nitrogens is 2. The molecule has 0 amide bonds. The van der Waals surface area contributed by atoms with E-state index in [2.05, 4.69) is 52.4 Å². The van der Waals surface area contributed by atoms with Crippen LogP contribution < -0.4 is 0 Å². The summed E-state index contributed by atoms with van der Waals surface area (Å²) in [6, 6.07) is 20.6. The van der Waals surface area contributed by atoms with Gasteiger partial charge in [0.1, 0.15) is 0 Å². The maximum absolute atomic E-state index is 8.95. The highest BCUT2D eigenvalue weighted by atomic mass is 14.9. The van der Waals surface area contributed by atoms with Crippen LogP contribution in [0.2, 0.25) is 0 Å². The SMILES string of the molecule is N#Cc1ccc(C(CCc2cnc[nH]2)c2ccccc2)cc1. The minimum atomic E-state index is 0.317. The number of hydrogen-bond acceptors (Lipinski definition) is 2. The molecule has 0 saturated carbocycles. The Kier molecular flexibility index (Phi) is 4.31. The van der Waals surface area contributed by atoms with Gasteiger partial charge in [0, 0.05) is 17.8 Å². The molecule has 1 aromatic heterocycles. The van der Waals surface area contributed by atoms with Crippen molar-refractivity contribution >= 4 is 0 Å². The van der Waals surface area contributed by atoms with E-state index in [-0.39, 0.29) is 0 Å². The topological polar surface area (TPSA) is 52.5 Å². The summed E-state index contributed by atoms with van der Waals surface area (Å²) >= 11 is 0. The highest BCUT2D eigenvalue weighted by Gasteiger charge is 2.14. The second kappa shape index (κ2) is 6.73. The van der Waals surface area contributed by atoms with Gasteiger partial charge in [-0.1, -0.05) is 42.5 Å². The maximum Gasteiger partial charge on any atom is 0.0991 e. The molecule has 3 rings (SSSR count). The largest absolute Gasteiger partial charge is 0.348 e. The average molecular weight is 287 g/mol. The third kappa shape index (κ3) is 3.24. The fourth-order valence-electron chi connectivity index (χ4n) is 2.72. The van der Waals surface area contributed by atoms with Gasteiger partial charge in [0.05, 0.1) is 18.0 Å². The van der Waals surface area contributed by atoms with Crippen molar-refractivity contribution in [3.05, 3.63) is 89.5 Å². The van der Waals surface area contributed by atoms with Crippen LogP contribution in [-0.4, -0.2) is 9.97 Å². The Hall–Kier alpha value is -2.86. The Balaban J connectivity index is 1.86. The van der Waals surface area contributed by atoms with Gasteiger partial charge in [0.2, 0.25) is 0 Å². The smallest absolute Gasteiger partial charge is 0.0991 e. The van der Waals surface area contributed by atoms with E-state index in [1.165, 1.54) is 11.1 Å².